The molecule has 2 heteroatoms. The molecular weight excluding hydrogens is 263 g/mol. The average Bonchev–Trinajstić information content (AvgIpc) is 2.82. The van der Waals surface area contributed by atoms with Gasteiger partial charge in [0.15, 0.2) is 0 Å². The van der Waals surface area contributed by atoms with Crippen molar-refractivity contribution in [1.82, 2.24) is 0 Å². The number of Topliss-reactive ketones (excluding diaryl/α,β-unsaturated/α-hetero) is 1. The van der Waals surface area contributed by atoms with Gasteiger partial charge in [-0.05, 0) is 66.5 Å². The van der Waals surface area contributed by atoms with Crippen LogP contribution in [0.5, 0.6) is 0 Å². The maximum atomic E-state index is 12.9. The van der Waals surface area contributed by atoms with Gasteiger partial charge >= 0.3 is 0 Å². The fraction of sp³-hybridized carbons (Fsp3) is 0.632. The number of ketones is 1. The second-order valence-electron chi connectivity index (χ2n) is 7.50. The molecule has 0 aliphatic heterocycles. The molecule has 0 unspecified atom stereocenters. The van der Waals surface area contributed by atoms with E-state index in [0.29, 0.717) is 23.5 Å². The van der Waals surface area contributed by atoms with Crippen molar-refractivity contribution in [2.24, 2.45) is 17.3 Å². The van der Waals surface area contributed by atoms with E-state index in [1.807, 2.05) is 6.07 Å². The van der Waals surface area contributed by atoms with Gasteiger partial charge in [0.2, 0.25) is 0 Å². The van der Waals surface area contributed by atoms with Gasteiger partial charge in [0, 0.05) is 11.8 Å². The largest absolute Gasteiger partial charge is 0.299 e. The Morgan fingerprint density at radius 2 is 2.10 bits per heavy atom. The summed E-state index contributed by atoms with van der Waals surface area (Å²) in [6.45, 7) is 1.85. The van der Waals surface area contributed by atoms with E-state index < -0.39 is 0 Å². The van der Waals surface area contributed by atoms with Crippen molar-refractivity contribution in [1.29, 1.82) is 0 Å². The molecule has 0 amide bonds. The van der Waals surface area contributed by atoms with E-state index >= 15 is 0 Å². The third-order valence-electron chi connectivity index (χ3n) is 6.65. The highest BCUT2D eigenvalue weighted by atomic mass is 19.1. The Kier molecular flexibility index (Phi) is 2.99. The Morgan fingerprint density at radius 1 is 1.24 bits per heavy atom. The van der Waals surface area contributed by atoms with Crippen molar-refractivity contribution in [3.63, 3.8) is 0 Å². The summed E-state index contributed by atoms with van der Waals surface area (Å²) in [5, 5.41) is 0. The molecule has 4 rings (SSSR count). The van der Waals surface area contributed by atoms with Crippen molar-refractivity contribution < 1.29 is 9.18 Å². The molecule has 2 fully saturated rings. The molecule has 3 aliphatic rings. The number of fused-ring (bicyclic) bond motifs is 5. The summed E-state index contributed by atoms with van der Waals surface area (Å²) in [7, 11) is 0. The lowest BCUT2D eigenvalue weighted by Gasteiger charge is -2.48. The fourth-order valence-electron chi connectivity index (χ4n) is 5.49. The molecule has 0 aromatic heterocycles. The number of halogens is 1. The quantitative estimate of drug-likeness (QED) is 0.738. The summed E-state index contributed by atoms with van der Waals surface area (Å²) in [6.07, 6.45) is 6.30. The number of hydrogen-bond acceptors (Lipinski definition) is 1. The molecule has 4 atom stereocenters. The molecule has 2 saturated carbocycles. The van der Waals surface area contributed by atoms with Crippen LogP contribution in [0.3, 0.4) is 0 Å². The lowest BCUT2D eigenvalue weighted by molar-refractivity contribution is -0.129. The van der Waals surface area contributed by atoms with E-state index in [0.717, 1.165) is 37.7 Å². The number of hydrogen-bond donors (Lipinski definition) is 0. The minimum atomic E-state index is -0.365. The zero-order valence-electron chi connectivity index (χ0n) is 12.7. The fourth-order valence-corrected chi connectivity index (χ4v) is 5.49. The zero-order chi connectivity index (χ0) is 14.6. The van der Waals surface area contributed by atoms with Crippen molar-refractivity contribution in [2.75, 3.05) is 0 Å². The first-order valence-corrected chi connectivity index (χ1v) is 8.34. The van der Waals surface area contributed by atoms with Gasteiger partial charge in [-0.3, -0.25) is 4.79 Å². The van der Waals surface area contributed by atoms with Crippen LogP contribution in [0, 0.1) is 17.3 Å². The van der Waals surface area contributed by atoms with E-state index in [4.69, 9.17) is 0 Å². The van der Waals surface area contributed by atoms with Gasteiger partial charge in [0.05, 0.1) is 0 Å². The minimum absolute atomic E-state index is 0.0441. The Labute approximate surface area is 125 Å². The average molecular weight is 286 g/mol. The van der Waals surface area contributed by atoms with Crippen LogP contribution >= 0.6 is 0 Å². The van der Waals surface area contributed by atoms with Crippen LogP contribution in [0.2, 0.25) is 0 Å². The molecular formula is C19H23FO. The van der Waals surface area contributed by atoms with Crippen molar-refractivity contribution in [3.05, 3.63) is 34.9 Å². The highest BCUT2D eigenvalue weighted by molar-refractivity contribution is 5.87. The smallest absolute Gasteiger partial charge is 0.139 e. The molecule has 0 heterocycles. The van der Waals surface area contributed by atoms with Crippen LogP contribution in [0.1, 0.15) is 61.6 Å². The molecule has 3 aliphatic carbocycles. The molecule has 0 N–H and O–H groups in total. The van der Waals surface area contributed by atoms with Gasteiger partial charge in [-0.15, -0.1) is 0 Å². The Hall–Kier alpha value is -1.18. The summed E-state index contributed by atoms with van der Waals surface area (Å²) < 4.78 is 12.9. The number of carbonyl (C=O) groups excluding carboxylic acids is 1. The first-order valence-electron chi connectivity index (χ1n) is 8.34. The monoisotopic (exact) mass is 286 g/mol. The van der Waals surface area contributed by atoms with E-state index in [2.05, 4.69) is 19.1 Å². The summed E-state index contributed by atoms with van der Waals surface area (Å²) in [5.74, 6) is 2.35. The molecule has 21 heavy (non-hydrogen) atoms. The van der Waals surface area contributed by atoms with Crippen LogP contribution in [0.25, 0.3) is 0 Å². The van der Waals surface area contributed by atoms with Crippen molar-refractivity contribution >= 4 is 5.78 Å². The third-order valence-corrected chi connectivity index (χ3v) is 6.65. The molecule has 0 radical (unpaired) electrons. The lowest BCUT2D eigenvalue weighted by Crippen LogP contribution is -2.42. The van der Waals surface area contributed by atoms with Gasteiger partial charge in [-0.2, -0.15) is 0 Å². The van der Waals surface area contributed by atoms with Gasteiger partial charge in [-0.25, -0.2) is 4.39 Å². The molecule has 1 nitrogen and oxygen atoms in total. The molecule has 1 aromatic carbocycles. The molecule has 1 aromatic rings. The summed E-state index contributed by atoms with van der Waals surface area (Å²) in [4.78, 5) is 12.3. The van der Waals surface area contributed by atoms with E-state index in [1.54, 1.807) is 0 Å². The topological polar surface area (TPSA) is 17.1 Å². The maximum absolute atomic E-state index is 12.9. The van der Waals surface area contributed by atoms with E-state index in [1.165, 1.54) is 17.5 Å². The highest BCUT2D eigenvalue weighted by Gasteiger charge is 2.54. The third kappa shape index (κ3) is 1.84. The number of benzene rings is 1. The van der Waals surface area contributed by atoms with Gasteiger partial charge < -0.3 is 0 Å². The number of rotatable bonds is 1. The van der Waals surface area contributed by atoms with Crippen LogP contribution in [0.4, 0.5) is 4.39 Å². The second-order valence-corrected chi connectivity index (χ2v) is 7.50. The Morgan fingerprint density at radius 3 is 2.90 bits per heavy atom. The first kappa shape index (κ1) is 13.5. The maximum Gasteiger partial charge on any atom is 0.139 e. The molecule has 112 valence electrons. The molecule has 0 bridgehead atoms. The normalized spacial score (nSPS) is 37.8. The Balaban J connectivity index is 1.70. The lowest BCUT2D eigenvalue weighted by atomic mass is 9.55. The Bertz CT molecular complexity index is 593. The van der Waals surface area contributed by atoms with Gasteiger partial charge in [0.25, 0.3) is 0 Å². The van der Waals surface area contributed by atoms with E-state index in [-0.39, 0.29) is 12.1 Å². The van der Waals surface area contributed by atoms with Crippen molar-refractivity contribution in [2.45, 2.75) is 58.0 Å². The number of alkyl halides is 1. The highest BCUT2D eigenvalue weighted by Crippen LogP contribution is 2.59. The van der Waals surface area contributed by atoms with Gasteiger partial charge in [-0.1, -0.05) is 25.1 Å². The SMILES string of the molecule is C[C@]12CC[C@@H]3c4ccc(CF)cc4CC[C@H]3[C@@H]1CCC2=O. The first-order chi connectivity index (χ1) is 10.1. The standard InChI is InChI=1S/C19H23FO/c1-19-9-8-15-14-4-2-12(11-20)10-13(14)3-5-16(15)17(19)6-7-18(19)21/h2,4,10,15-17H,3,5-9,11H2,1H3/t15-,16-,17+,19+/m1/s1. The predicted octanol–water partition coefficient (Wildman–Crippen LogP) is 4.58. The minimum Gasteiger partial charge on any atom is -0.299 e. The molecule has 0 spiro atoms. The van der Waals surface area contributed by atoms with Crippen molar-refractivity contribution in [3.8, 4) is 0 Å². The number of aryl methyl sites for hydroxylation is 1. The van der Waals surface area contributed by atoms with Crippen LogP contribution in [-0.2, 0) is 17.9 Å². The van der Waals surface area contributed by atoms with Gasteiger partial charge in [0.1, 0.15) is 12.5 Å². The predicted molar refractivity (Wildman–Crippen MR) is 80.9 cm³/mol. The molecule has 0 saturated heterocycles. The number of carbonyl (C=O) groups is 1. The van der Waals surface area contributed by atoms with E-state index in [9.17, 15) is 9.18 Å². The zero-order valence-corrected chi connectivity index (χ0v) is 12.7. The second kappa shape index (κ2) is 4.66. The van der Waals surface area contributed by atoms with Crippen LogP contribution in [-0.4, -0.2) is 5.78 Å². The summed E-state index contributed by atoms with van der Waals surface area (Å²) in [5.41, 5.74) is 3.57. The van der Waals surface area contributed by atoms with Crippen LogP contribution < -0.4 is 0 Å². The van der Waals surface area contributed by atoms with Crippen LogP contribution in [0.15, 0.2) is 18.2 Å². The summed E-state index contributed by atoms with van der Waals surface area (Å²) >= 11 is 0. The summed E-state index contributed by atoms with van der Waals surface area (Å²) in [6, 6.07) is 6.19.